The number of nitro groups is 1. The highest BCUT2D eigenvalue weighted by Gasteiger charge is 2.18. The molecule has 1 unspecified atom stereocenters. The lowest BCUT2D eigenvalue weighted by atomic mass is 10.1. The quantitative estimate of drug-likeness (QED) is 0.502. The molecule has 0 aliphatic carbocycles. The number of aliphatic hydroxyl groups excluding tert-OH is 2. The van der Waals surface area contributed by atoms with Gasteiger partial charge in [-0.05, 0) is 12.1 Å². The summed E-state index contributed by atoms with van der Waals surface area (Å²) >= 11 is 0. The van der Waals surface area contributed by atoms with Crippen molar-refractivity contribution in [2.24, 2.45) is 0 Å². The van der Waals surface area contributed by atoms with E-state index in [0.717, 1.165) is 0 Å². The van der Waals surface area contributed by atoms with Gasteiger partial charge in [0.05, 0.1) is 17.6 Å². The smallest absolute Gasteiger partial charge is 0.292 e. The van der Waals surface area contributed by atoms with Crippen LogP contribution in [0.1, 0.15) is 10.4 Å². The molecule has 0 aromatic heterocycles. The van der Waals surface area contributed by atoms with Crippen LogP contribution in [0.3, 0.4) is 0 Å². The van der Waals surface area contributed by atoms with Crippen LogP contribution in [0.25, 0.3) is 0 Å². The van der Waals surface area contributed by atoms with Crippen molar-refractivity contribution in [1.29, 1.82) is 0 Å². The highest BCUT2D eigenvalue weighted by molar-refractivity contribution is 5.95. The number of benzene rings is 1. The second kappa shape index (κ2) is 6.83. The summed E-state index contributed by atoms with van der Waals surface area (Å²) in [6.45, 7) is -0.520. The molecule has 0 spiro atoms. The number of nitrogens with one attached hydrogen (secondary N) is 1. The van der Waals surface area contributed by atoms with E-state index in [0.29, 0.717) is 5.56 Å². The standard InChI is InChI=1S/C12H17N3O5/c1-14(2)12(18)8-3-4-11(15(19)20)10(5-8)13-6-9(17)7-16/h3-5,9,13,16-17H,6-7H2,1-2H3. The Balaban J connectivity index is 3.06. The van der Waals surface area contributed by atoms with Gasteiger partial charge in [-0.2, -0.15) is 0 Å². The Labute approximate surface area is 115 Å². The monoisotopic (exact) mass is 283 g/mol. The number of carbonyl (C=O) groups excluding carboxylic acids is 1. The maximum atomic E-state index is 11.8. The maximum Gasteiger partial charge on any atom is 0.292 e. The molecule has 0 bridgehead atoms. The Kier molecular flexibility index (Phi) is 5.42. The van der Waals surface area contributed by atoms with Crippen molar-refractivity contribution in [3.05, 3.63) is 33.9 Å². The number of rotatable bonds is 6. The number of nitro benzene ring substituents is 1. The predicted molar refractivity (Wildman–Crippen MR) is 72.7 cm³/mol. The zero-order valence-electron chi connectivity index (χ0n) is 11.2. The van der Waals surface area contributed by atoms with E-state index in [1.807, 2.05) is 0 Å². The van der Waals surface area contributed by atoms with Crippen LogP contribution in [0.5, 0.6) is 0 Å². The molecule has 1 atom stereocenters. The Hall–Kier alpha value is -2.19. The summed E-state index contributed by atoms with van der Waals surface area (Å²) in [5.74, 6) is -0.286. The number of amides is 1. The van der Waals surface area contributed by atoms with Crippen LogP contribution in [-0.2, 0) is 0 Å². The lowest BCUT2D eigenvalue weighted by Gasteiger charge is -2.13. The van der Waals surface area contributed by atoms with Gasteiger partial charge in [-0.15, -0.1) is 0 Å². The fourth-order valence-corrected chi connectivity index (χ4v) is 1.52. The van der Waals surface area contributed by atoms with Gasteiger partial charge in [-0.3, -0.25) is 14.9 Å². The molecule has 0 fully saturated rings. The minimum Gasteiger partial charge on any atom is -0.394 e. The Morgan fingerprint density at radius 2 is 2.15 bits per heavy atom. The fourth-order valence-electron chi connectivity index (χ4n) is 1.52. The topological polar surface area (TPSA) is 116 Å². The number of carbonyl (C=O) groups is 1. The van der Waals surface area contributed by atoms with Gasteiger partial charge in [0.2, 0.25) is 0 Å². The van der Waals surface area contributed by atoms with E-state index >= 15 is 0 Å². The largest absolute Gasteiger partial charge is 0.394 e. The van der Waals surface area contributed by atoms with Gasteiger partial charge in [-0.25, -0.2) is 0 Å². The van der Waals surface area contributed by atoms with Crippen molar-refractivity contribution in [2.75, 3.05) is 32.6 Å². The van der Waals surface area contributed by atoms with Gasteiger partial charge in [0.25, 0.3) is 11.6 Å². The van der Waals surface area contributed by atoms with E-state index in [-0.39, 0.29) is 23.8 Å². The van der Waals surface area contributed by atoms with Crippen LogP contribution in [-0.4, -0.2) is 59.3 Å². The summed E-state index contributed by atoms with van der Waals surface area (Å²) in [5, 5.41) is 31.5. The van der Waals surface area contributed by atoms with Crippen LogP contribution in [0, 0.1) is 10.1 Å². The molecule has 0 saturated carbocycles. The molecular weight excluding hydrogens is 266 g/mol. The van der Waals surface area contributed by atoms with Crippen molar-refractivity contribution >= 4 is 17.3 Å². The van der Waals surface area contributed by atoms with E-state index in [9.17, 15) is 20.0 Å². The lowest BCUT2D eigenvalue weighted by molar-refractivity contribution is -0.384. The second-order valence-electron chi connectivity index (χ2n) is 4.41. The molecule has 1 amide bonds. The molecular formula is C12H17N3O5. The van der Waals surface area contributed by atoms with Crippen LogP contribution >= 0.6 is 0 Å². The van der Waals surface area contributed by atoms with E-state index in [1.54, 1.807) is 14.1 Å². The van der Waals surface area contributed by atoms with Crippen LogP contribution in [0.4, 0.5) is 11.4 Å². The average Bonchev–Trinajstić information content (AvgIpc) is 2.43. The van der Waals surface area contributed by atoms with Crippen molar-refractivity contribution in [3.63, 3.8) is 0 Å². The molecule has 0 radical (unpaired) electrons. The minimum absolute atomic E-state index is 0.0586. The molecule has 8 nitrogen and oxygen atoms in total. The molecule has 0 saturated heterocycles. The molecule has 1 aromatic carbocycles. The van der Waals surface area contributed by atoms with Crippen LogP contribution < -0.4 is 5.32 Å². The first kappa shape index (κ1) is 15.9. The van der Waals surface area contributed by atoms with Gasteiger partial charge in [-0.1, -0.05) is 0 Å². The van der Waals surface area contributed by atoms with Gasteiger partial charge < -0.3 is 20.4 Å². The number of nitrogens with zero attached hydrogens (tertiary/aromatic N) is 2. The third-order valence-electron chi connectivity index (χ3n) is 2.59. The molecule has 3 N–H and O–H groups in total. The van der Waals surface area contributed by atoms with Crippen molar-refractivity contribution in [3.8, 4) is 0 Å². The Bertz CT molecular complexity index is 504. The SMILES string of the molecule is CN(C)C(=O)c1ccc([N+](=O)[O-])c(NCC(O)CO)c1. The highest BCUT2D eigenvalue weighted by Crippen LogP contribution is 2.25. The van der Waals surface area contributed by atoms with Crippen molar-refractivity contribution in [2.45, 2.75) is 6.10 Å². The molecule has 0 aliphatic rings. The van der Waals surface area contributed by atoms with Gasteiger partial charge in [0.15, 0.2) is 0 Å². The summed E-state index contributed by atoms with van der Waals surface area (Å²) < 4.78 is 0. The molecule has 1 aromatic rings. The first-order valence-electron chi connectivity index (χ1n) is 5.89. The number of hydrogen-bond donors (Lipinski definition) is 3. The normalized spacial score (nSPS) is 11.8. The zero-order chi connectivity index (χ0) is 15.3. The average molecular weight is 283 g/mol. The van der Waals surface area contributed by atoms with Gasteiger partial charge >= 0.3 is 0 Å². The minimum atomic E-state index is -1.04. The third-order valence-corrected chi connectivity index (χ3v) is 2.59. The van der Waals surface area contributed by atoms with E-state index < -0.39 is 17.6 Å². The van der Waals surface area contributed by atoms with Crippen molar-refractivity contribution < 1.29 is 19.9 Å². The molecule has 0 aliphatic heterocycles. The molecule has 8 heteroatoms. The maximum absolute atomic E-state index is 11.8. The van der Waals surface area contributed by atoms with Crippen LogP contribution in [0.2, 0.25) is 0 Å². The second-order valence-corrected chi connectivity index (χ2v) is 4.41. The number of hydrogen-bond acceptors (Lipinski definition) is 6. The van der Waals surface area contributed by atoms with E-state index in [2.05, 4.69) is 5.32 Å². The van der Waals surface area contributed by atoms with Gasteiger partial charge in [0, 0.05) is 32.3 Å². The Morgan fingerprint density at radius 3 is 2.65 bits per heavy atom. The summed E-state index contributed by atoms with van der Waals surface area (Å²) in [6, 6.07) is 3.95. The van der Waals surface area contributed by atoms with E-state index in [4.69, 9.17) is 5.11 Å². The first-order chi connectivity index (χ1) is 9.36. The third kappa shape index (κ3) is 3.90. The first-order valence-corrected chi connectivity index (χ1v) is 5.89. The molecule has 20 heavy (non-hydrogen) atoms. The molecule has 1 rings (SSSR count). The zero-order valence-corrected chi connectivity index (χ0v) is 11.2. The summed E-state index contributed by atoms with van der Waals surface area (Å²) in [4.78, 5) is 23.5. The highest BCUT2D eigenvalue weighted by atomic mass is 16.6. The number of aliphatic hydroxyl groups is 2. The fraction of sp³-hybridized carbons (Fsp3) is 0.417. The predicted octanol–water partition coefficient (Wildman–Crippen LogP) is 0.0617. The van der Waals surface area contributed by atoms with Crippen LogP contribution in [0.15, 0.2) is 18.2 Å². The van der Waals surface area contributed by atoms with Crippen molar-refractivity contribution in [1.82, 2.24) is 4.90 Å². The number of anilines is 1. The van der Waals surface area contributed by atoms with Gasteiger partial charge in [0.1, 0.15) is 5.69 Å². The molecule has 110 valence electrons. The summed E-state index contributed by atoms with van der Waals surface area (Å²) in [7, 11) is 3.15. The summed E-state index contributed by atoms with van der Waals surface area (Å²) in [6.07, 6.45) is -1.04. The summed E-state index contributed by atoms with van der Waals surface area (Å²) in [5.41, 5.74) is 0.210. The van der Waals surface area contributed by atoms with E-state index in [1.165, 1.54) is 23.1 Å². The lowest BCUT2D eigenvalue weighted by Crippen LogP contribution is -2.24. The molecule has 0 heterocycles. The Morgan fingerprint density at radius 1 is 1.50 bits per heavy atom.